The molecule has 0 aliphatic heterocycles. The Bertz CT molecular complexity index is 463. The Labute approximate surface area is 95.5 Å². The molecule has 0 spiro atoms. The molecule has 0 saturated carbocycles. The smallest absolute Gasteiger partial charge is 0.325 e. The lowest BCUT2D eigenvalue weighted by Gasteiger charge is -2.08. The molecule has 1 aromatic carbocycles. The molecule has 1 amide bonds. The van der Waals surface area contributed by atoms with Crippen LogP contribution in [0.4, 0.5) is 14.5 Å². The zero-order chi connectivity index (χ0) is 13.0. The van der Waals surface area contributed by atoms with Gasteiger partial charge < -0.3 is 15.8 Å². The van der Waals surface area contributed by atoms with Gasteiger partial charge >= 0.3 is 5.97 Å². The fraction of sp³-hybridized carbons (Fsp3) is 0.200. The molecule has 1 rings (SSSR count). The van der Waals surface area contributed by atoms with Crippen molar-refractivity contribution < 1.29 is 23.1 Å². The van der Waals surface area contributed by atoms with Crippen LogP contribution in [-0.4, -0.2) is 25.5 Å². The number of carbonyl (C=O) groups excluding carboxylic acids is 2. The quantitative estimate of drug-likeness (QED) is 0.597. The van der Waals surface area contributed by atoms with Gasteiger partial charge in [0.1, 0.15) is 12.1 Å². The summed E-state index contributed by atoms with van der Waals surface area (Å²) in [6.07, 6.45) is 0. The molecule has 0 fully saturated rings. The van der Waals surface area contributed by atoms with E-state index in [2.05, 4.69) is 10.1 Å². The monoisotopic (exact) mass is 244 g/mol. The Morgan fingerprint density at radius 2 is 2.06 bits per heavy atom. The Balaban J connectivity index is 2.89. The van der Waals surface area contributed by atoms with Crippen molar-refractivity contribution in [3.63, 3.8) is 0 Å². The molecule has 17 heavy (non-hydrogen) atoms. The first-order valence-electron chi connectivity index (χ1n) is 4.56. The summed E-state index contributed by atoms with van der Waals surface area (Å²) < 4.78 is 30.4. The molecular formula is C10H10F2N2O3. The largest absolute Gasteiger partial charge is 0.468 e. The van der Waals surface area contributed by atoms with Crippen molar-refractivity contribution in [2.45, 2.75) is 0 Å². The number of hydrogen-bond donors (Lipinski definition) is 2. The molecule has 7 heteroatoms. The standard InChI is InChI=1S/C10H10F2N2O3/c1-17-7(15)4-14-10(16)8-6(13)3-2-5(11)9(8)12/h2-3H,4,13H2,1H3,(H,14,16). The van der Waals surface area contributed by atoms with Crippen LogP contribution in [-0.2, 0) is 9.53 Å². The third kappa shape index (κ3) is 2.90. The van der Waals surface area contributed by atoms with E-state index < -0.39 is 35.6 Å². The van der Waals surface area contributed by atoms with Gasteiger partial charge in [-0.25, -0.2) is 8.78 Å². The summed E-state index contributed by atoms with van der Waals surface area (Å²) in [5, 5.41) is 2.06. The van der Waals surface area contributed by atoms with Crippen LogP contribution < -0.4 is 11.1 Å². The Hall–Kier alpha value is -2.18. The zero-order valence-electron chi connectivity index (χ0n) is 8.92. The van der Waals surface area contributed by atoms with E-state index >= 15 is 0 Å². The number of hydrogen-bond acceptors (Lipinski definition) is 4. The molecule has 0 bridgehead atoms. The third-order valence-electron chi connectivity index (χ3n) is 1.98. The van der Waals surface area contributed by atoms with Crippen LogP contribution in [0.25, 0.3) is 0 Å². The summed E-state index contributed by atoms with van der Waals surface area (Å²) >= 11 is 0. The van der Waals surface area contributed by atoms with Crippen molar-refractivity contribution in [2.24, 2.45) is 0 Å². The Kier molecular flexibility index (Phi) is 3.97. The lowest BCUT2D eigenvalue weighted by Crippen LogP contribution is -2.31. The molecule has 5 nitrogen and oxygen atoms in total. The number of rotatable bonds is 3. The molecule has 0 radical (unpaired) electrons. The van der Waals surface area contributed by atoms with Crippen LogP contribution in [0, 0.1) is 11.6 Å². The predicted molar refractivity (Wildman–Crippen MR) is 55.1 cm³/mol. The second-order valence-electron chi connectivity index (χ2n) is 3.08. The van der Waals surface area contributed by atoms with Gasteiger partial charge in [-0.2, -0.15) is 0 Å². The average Bonchev–Trinajstić information content (AvgIpc) is 2.31. The highest BCUT2D eigenvalue weighted by Gasteiger charge is 2.19. The molecule has 0 saturated heterocycles. The van der Waals surface area contributed by atoms with Crippen molar-refractivity contribution in [1.82, 2.24) is 5.32 Å². The molecule has 1 aromatic rings. The average molecular weight is 244 g/mol. The predicted octanol–water partition coefficient (Wildman–Crippen LogP) is 0.450. The number of esters is 1. The normalized spacial score (nSPS) is 9.82. The van der Waals surface area contributed by atoms with Crippen LogP contribution in [0.5, 0.6) is 0 Å². The highest BCUT2D eigenvalue weighted by molar-refractivity contribution is 6.00. The number of amides is 1. The minimum Gasteiger partial charge on any atom is -0.468 e. The lowest BCUT2D eigenvalue weighted by molar-refractivity contribution is -0.139. The molecule has 0 unspecified atom stereocenters. The molecule has 0 aromatic heterocycles. The first-order valence-corrected chi connectivity index (χ1v) is 4.56. The number of carbonyl (C=O) groups is 2. The highest BCUT2D eigenvalue weighted by Crippen LogP contribution is 2.18. The summed E-state index contributed by atoms with van der Waals surface area (Å²) in [5.74, 6) is -4.24. The fourth-order valence-corrected chi connectivity index (χ4v) is 1.11. The van der Waals surface area contributed by atoms with Gasteiger partial charge in [-0.1, -0.05) is 0 Å². The summed E-state index contributed by atoms with van der Waals surface area (Å²) in [7, 11) is 1.13. The molecule has 0 aliphatic rings. The molecule has 3 N–H and O–H groups in total. The minimum absolute atomic E-state index is 0.216. The maximum atomic E-state index is 13.3. The van der Waals surface area contributed by atoms with E-state index in [1.165, 1.54) is 0 Å². The van der Waals surface area contributed by atoms with E-state index in [0.29, 0.717) is 0 Å². The number of nitrogens with one attached hydrogen (secondary N) is 1. The number of halogens is 2. The van der Waals surface area contributed by atoms with Crippen molar-refractivity contribution in [3.8, 4) is 0 Å². The fourth-order valence-electron chi connectivity index (χ4n) is 1.11. The summed E-state index contributed by atoms with van der Waals surface area (Å²) in [6.45, 7) is -0.454. The zero-order valence-corrected chi connectivity index (χ0v) is 8.92. The third-order valence-corrected chi connectivity index (χ3v) is 1.98. The first kappa shape index (κ1) is 12.9. The maximum absolute atomic E-state index is 13.3. The van der Waals surface area contributed by atoms with Crippen molar-refractivity contribution in [1.29, 1.82) is 0 Å². The Morgan fingerprint density at radius 3 is 2.65 bits per heavy atom. The van der Waals surface area contributed by atoms with E-state index in [-0.39, 0.29) is 5.69 Å². The van der Waals surface area contributed by atoms with Crippen molar-refractivity contribution in [2.75, 3.05) is 19.4 Å². The lowest BCUT2D eigenvalue weighted by atomic mass is 10.1. The van der Waals surface area contributed by atoms with Crippen LogP contribution in [0.3, 0.4) is 0 Å². The SMILES string of the molecule is COC(=O)CNC(=O)c1c(N)ccc(F)c1F. The van der Waals surface area contributed by atoms with E-state index in [1.54, 1.807) is 0 Å². The molecule has 0 heterocycles. The number of ether oxygens (including phenoxy) is 1. The van der Waals surface area contributed by atoms with E-state index in [1.807, 2.05) is 0 Å². The van der Waals surface area contributed by atoms with Gasteiger partial charge in [-0.3, -0.25) is 9.59 Å². The second kappa shape index (κ2) is 5.24. The summed E-state index contributed by atoms with van der Waals surface area (Å²) in [6, 6.07) is 1.87. The van der Waals surface area contributed by atoms with Gasteiger partial charge in [0.15, 0.2) is 11.6 Å². The van der Waals surface area contributed by atoms with Gasteiger partial charge in [-0.15, -0.1) is 0 Å². The van der Waals surface area contributed by atoms with Gasteiger partial charge in [0.2, 0.25) is 0 Å². The summed E-state index contributed by atoms with van der Waals surface area (Å²) in [5.41, 5.74) is 4.50. The number of nitrogens with two attached hydrogens (primary N) is 1. The van der Waals surface area contributed by atoms with E-state index in [0.717, 1.165) is 19.2 Å². The minimum atomic E-state index is -1.35. The number of nitrogen functional groups attached to an aromatic ring is 1. The molecule has 0 aliphatic carbocycles. The Morgan fingerprint density at radius 1 is 1.41 bits per heavy atom. The van der Waals surface area contributed by atoms with Gasteiger partial charge in [0.05, 0.1) is 7.11 Å². The van der Waals surface area contributed by atoms with Crippen LogP contribution in [0.1, 0.15) is 10.4 Å². The van der Waals surface area contributed by atoms with Crippen molar-refractivity contribution >= 4 is 17.6 Å². The van der Waals surface area contributed by atoms with Crippen LogP contribution >= 0.6 is 0 Å². The first-order chi connectivity index (χ1) is 7.97. The second-order valence-corrected chi connectivity index (χ2v) is 3.08. The van der Waals surface area contributed by atoms with Gasteiger partial charge in [-0.05, 0) is 12.1 Å². The molecular weight excluding hydrogens is 234 g/mol. The van der Waals surface area contributed by atoms with E-state index in [4.69, 9.17) is 5.73 Å². The van der Waals surface area contributed by atoms with Gasteiger partial charge in [0.25, 0.3) is 5.91 Å². The summed E-state index contributed by atoms with van der Waals surface area (Å²) in [4.78, 5) is 22.2. The highest BCUT2D eigenvalue weighted by atomic mass is 19.2. The number of benzene rings is 1. The topological polar surface area (TPSA) is 81.4 Å². The van der Waals surface area contributed by atoms with Crippen LogP contribution in [0.15, 0.2) is 12.1 Å². The maximum Gasteiger partial charge on any atom is 0.325 e. The number of methoxy groups -OCH3 is 1. The van der Waals surface area contributed by atoms with E-state index in [9.17, 15) is 18.4 Å². The molecule has 0 atom stereocenters. The van der Waals surface area contributed by atoms with Crippen molar-refractivity contribution in [3.05, 3.63) is 29.3 Å². The van der Waals surface area contributed by atoms with Crippen LogP contribution in [0.2, 0.25) is 0 Å². The molecule has 92 valence electrons. The van der Waals surface area contributed by atoms with Gasteiger partial charge in [0, 0.05) is 5.69 Å². The number of anilines is 1.